The van der Waals surface area contributed by atoms with Crippen molar-refractivity contribution in [3.05, 3.63) is 41.3 Å². The summed E-state index contributed by atoms with van der Waals surface area (Å²) in [7, 11) is 0. The lowest BCUT2D eigenvalue weighted by Gasteiger charge is -2.11. The summed E-state index contributed by atoms with van der Waals surface area (Å²) >= 11 is 6.45. The van der Waals surface area contributed by atoms with Crippen molar-refractivity contribution in [1.29, 1.82) is 0 Å². The van der Waals surface area contributed by atoms with Crippen LogP contribution in [0.4, 0.5) is 0 Å². The molecule has 2 rings (SSSR count). The minimum atomic E-state index is -0.422. The van der Waals surface area contributed by atoms with E-state index < -0.39 is 5.97 Å². The number of thiocarbonyl (C=S) groups is 1. The molecule has 1 heterocycles. The molecule has 1 aliphatic heterocycles. The van der Waals surface area contributed by atoms with Gasteiger partial charge in [0.25, 0.3) is 5.91 Å². The molecule has 0 atom stereocenters. The maximum absolute atomic E-state index is 12.3. The lowest BCUT2D eigenvalue weighted by molar-refractivity contribution is -0.132. The number of rotatable bonds is 6. The Bertz CT molecular complexity index is 727. The van der Waals surface area contributed by atoms with Crippen LogP contribution >= 0.6 is 24.0 Å². The number of hydrogen-bond acceptors (Lipinski definition) is 6. The molecular formula is C17H17NO4S2. The second kappa shape index (κ2) is 8.12. The zero-order valence-electron chi connectivity index (χ0n) is 13.4. The number of hydrogen-bond donors (Lipinski definition) is 0. The van der Waals surface area contributed by atoms with E-state index in [0.29, 0.717) is 33.9 Å². The maximum atomic E-state index is 12.3. The van der Waals surface area contributed by atoms with E-state index in [9.17, 15) is 9.59 Å². The van der Waals surface area contributed by atoms with Gasteiger partial charge in [-0.2, -0.15) is 0 Å². The van der Waals surface area contributed by atoms with Crippen molar-refractivity contribution in [3.63, 3.8) is 0 Å². The molecule has 0 radical (unpaired) electrons. The molecule has 0 aliphatic carbocycles. The van der Waals surface area contributed by atoms with Crippen molar-refractivity contribution in [2.45, 2.75) is 13.8 Å². The number of carbonyl (C=O) groups is 2. The van der Waals surface area contributed by atoms with E-state index in [1.54, 1.807) is 30.4 Å². The van der Waals surface area contributed by atoms with Gasteiger partial charge in [0.2, 0.25) is 0 Å². The van der Waals surface area contributed by atoms with E-state index in [1.165, 1.54) is 23.6 Å². The minimum absolute atomic E-state index is 0.146. The van der Waals surface area contributed by atoms with Crippen LogP contribution in [0.5, 0.6) is 11.5 Å². The van der Waals surface area contributed by atoms with Crippen LogP contribution < -0.4 is 9.47 Å². The van der Waals surface area contributed by atoms with Crippen molar-refractivity contribution in [3.8, 4) is 11.5 Å². The molecule has 0 saturated carbocycles. The lowest BCUT2D eigenvalue weighted by Crippen LogP contribution is -2.27. The normalized spacial score (nSPS) is 15.8. The standard InChI is InChI=1S/C17H17NO4S2/c1-4-8-18-16(20)15(24-17(18)23)10-12-6-7-13(22-11(3)19)14(9-12)21-5-2/h4,6-7,9-10H,1,5,8H2,2-3H3. The van der Waals surface area contributed by atoms with Crippen LogP contribution in [0, 0.1) is 0 Å². The first kappa shape index (κ1) is 18.2. The summed E-state index contributed by atoms with van der Waals surface area (Å²) in [5, 5.41) is 0. The Hall–Kier alpha value is -2.12. The average Bonchev–Trinajstić information content (AvgIpc) is 2.78. The van der Waals surface area contributed by atoms with Crippen LogP contribution in [0.25, 0.3) is 6.08 Å². The third kappa shape index (κ3) is 4.24. The predicted octanol–water partition coefficient (Wildman–Crippen LogP) is 3.40. The van der Waals surface area contributed by atoms with Crippen LogP contribution in [0.3, 0.4) is 0 Å². The Balaban J connectivity index is 2.31. The third-order valence-corrected chi connectivity index (χ3v) is 4.38. The Morgan fingerprint density at radius 3 is 2.79 bits per heavy atom. The van der Waals surface area contributed by atoms with E-state index >= 15 is 0 Å². The smallest absolute Gasteiger partial charge is 0.308 e. The van der Waals surface area contributed by atoms with Gasteiger partial charge in [-0.25, -0.2) is 0 Å². The van der Waals surface area contributed by atoms with Gasteiger partial charge >= 0.3 is 5.97 Å². The number of thioether (sulfide) groups is 1. The van der Waals surface area contributed by atoms with Gasteiger partial charge in [-0.1, -0.05) is 36.1 Å². The van der Waals surface area contributed by atoms with Crippen molar-refractivity contribution in [2.24, 2.45) is 0 Å². The highest BCUT2D eigenvalue weighted by Crippen LogP contribution is 2.34. The molecule has 1 fully saturated rings. The number of nitrogens with zero attached hydrogens (tertiary/aromatic N) is 1. The maximum Gasteiger partial charge on any atom is 0.308 e. The molecular weight excluding hydrogens is 346 g/mol. The average molecular weight is 363 g/mol. The van der Waals surface area contributed by atoms with E-state index in [2.05, 4.69) is 6.58 Å². The highest BCUT2D eigenvalue weighted by Gasteiger charge is 2.31. The molecule has 1 amide bonds. The molecule has 1 aromatic rings. The van der Waals surface area contributed by atoms with Gasteiger partial charge in [0, 0.05) is 13.5 Å². The molecule has 1 saturated heterocycles. The number of benzene rings is 1. The quantitative estimate of drug-likeness (QED) is 0.254. The highest BCUT2D eigenvalue weighted by atomic mass is 32.2. The molecule has 126 valence electrons. The molecule has 0 spiro atoms. The number of esters is 1. The van der Waals surface area contributed by atoms with E-state index in [1.807, 2.05) is 6.92 Å². The van der Waals surface area contributed by atoms with Crippen molar-refractivity contribution < 1.29 is 19.1 Å². The fourth-order valence-corrected chi connectivity index (χ4v) is 3.33. The fourth-order valence-electron chi connectivity index (χ4n) is 2.06. The summed E-state index contributed by atoms with van der Waals surface area (Å²) in [6.45, 7) is 7.61. The molecule has 24 heavy (non-hydrogen) atoms. The Morgan fingerprint density at radius 2 is 2.17 bits per heavy atom. The van der Waals surface area contributed by atoms with E-state index in [-0.39, 0.29) is 5.91 Å². The van der Waals surface area contributed by atoms with Crippen LogP contribution in [-0.4, -0.2) is 34.2 Å². The fraction of sp³-hybridized carbons (Fsp3) is 0.235. The highest BCUT2D eigenvalue weighted by molar-refractivity contribution is 8.26. The predicted molar refractivity (Wildman–Crippen MR) is 99.0 cm³/mol. The zero-order valence-corrected chi connectivity index (χ0v) is 15.0. The molecule has 5 nitrogen and oxygen atoms in total. The number of ether oxygens (including phenoxy) is 2. The molecule has 0 unspecified atom stereocenters. The van der Waals surface area contributed by atoms with Crippen molar-refractivity contribution in [1.82, 2.24) is 4.90 Å². The Morgan fingerprint density at radius 1 is 1.42 bits per heavy atom. The summed E-state index contributed by atoms with van der Waals surface area (Å²) in [5.74, 6) is 0.227. The first-order chi connectivity index (χ1) is 11.5. The van der Waals surface area contributed by atoms with Gasteiger partial charge in [0.1, 0.15) is 4.32 Å². The minimum Gasteiger partial charge on any atom is -0.490 e. The number of amides is 1. The van der Waals surface area contributed by atoms with Crippen LogP contribution in [0.1, 0.15) is 19.4 Å². The molecule has 0 N–H and O–H groups in total. The largest absolute Gasteiger partial charge is 0.490 e. The van der Waals surface area contributed by atoms with Gasteiger partial charge < -0.3 is 9.47 Å². The topological polar surface area (TPSA) is 55.8 Å². The first-order valence-electron chi connectivity index (χ1n) is 7.27. The Kier molecular flexibility index (Phi) is 6.16. The van der Waals surface area contributed by atoms with Gasteiger partial charge in [0.05, 0.1) is 11.5 Å². The van der Waals surface area contributed by atoms with E-state index in [0.717, 1.165) is 5.56 Å². The van der Waals surface area contributed by atoms with Crippen molar-refractivity contribution >= 4 is 46.3 Å². The summed E-state index contributed by atoms with van der Waals surface area (Å²) < 4.78 is 11.1. The monoisotopic (exact) mass is 363 g/mol. The van der Waals surface area contributed by atoms with Gasteiger partial charge in [-0.3, -0.25) is 14.5 Å². The third-order valence-electron chi connectivity index (χ3n) is 3.00. The van der Waals surface area contributed by atoms with Gasteiger partial charge in [-0.15, -0.1) is 6.58 Å². The van der Waals surface area contributed by atoms with Gasteiger partial charge in [0.15, 0.2) is 11.5 Å². The van der Waals surface area contributed by atoms with E-state index in [4.69, 9.17) is 21.7 Å². The van der Waals surface area contributed by atoms with Crippen molar-refractivity contribution in [2.75, 3.05) is 13.2 Å². The molecule has 1 aromatic carbocycles. The van der Waals surface area contributed by atoms with Crippen LogP contribution in [0.15, 0.2) is 35.8 Å². The summed E-state index contributed by atoms with van der Waals surface area (Å²) in [6, 6.07) is 5.12. The Labute approximate surface area is 150 Å². The second-order valence-electron chi connectivity index (χ2n) is 4.81. The molecule has 0 bridgehead atoms. The summed E-state index contributed by atoms with van der Waals surface area (Å²) in [5.41, 5.74) is 0.758. The van der Waals surface area contributed by atoms with Crippen LogP contribution in [-0.2, 0) is 9.59 Å². The number of carbonyl (C=O) groups excluding carboxylic acids is 2. The summed E-state index contributed by atoms with van der Waals surface area (Å²) in [6.07, 6.45) is 3.37. The first-order valence-corrected chi connectivity index (χ1v) is 8.50. The molecule has 1 aliphatic rings. The second-order valence-corrected chi connectivity index (χ2v) is 6.49. The molecule has 7 heteroatoms. The SMILES string of the molecule is C=CCN1C(=O)C(=Cc2ccc(OC(C)=O)c(OCC)c2)SC1=S. The zero-order chi connectivity index (χ0) is 17.7. The molecule has 0 aromatic heterocycles. The van der Waals surface area contributed by atoms with Gasteiger partial charge in [-0.05, 0) is 30.7 Å². The lowest BCUT2D eigenvalue weighted by atomic mass is 10.2. The summed E-state index contributed by atoms with van der Waals surface area (Å²) in [4.78, 5) is 25.5. The van der Waals surface area contributed by atoms with Crippen LogP contribution in [0.2, 0.25) is 0 Å².